The van der Waals surface area contributed by atoms with Crippen LogP contribution in [-0.4, -0.2) is 17.6 Å². The molecule has 2 heterocycles. The van der Waals surface area contributed by atoms with Gasteiger partial charge >= 0.3 is 0 Å². The molecule has 0 spiro atoms. The zero-order valence-electron chi connectivity index (χ0n) is 13.6. The molecule has 126 valence electrons. The van der Waals surface area contributed by atoms with E-state index in [0.29, 0.717) is 9.68 Å². The molecule has 0 N–H and O–H groups in total. The molecule has 4 nitrogen and oxygen atoms in total. The summed E-state index contributed by atoms with van der Waals surface area (Å²) in [5.74, 6) is 0.604. The van der Waals surface area contributed by atoms with E-state index in [1.165, 1.54) is 22.7 Å². The van der Waals surface area contributed by atoms with Crippen molar-refractivity contribution in [2.75, 3.05) is 7.11 Å². The van der Waals surface area contributed by atoms with Crippen LogP contribution in [0.15, 0.2) is 33.0 Å². The molecule has 7 heteroatoms. The van der Waals surface area contributed by atoms with Gasteiger partial charge in [-0.3, -0.25) is 4.79 Å². The van der Waals surface area contributed by atoms with Gasteiger partial charge in [-0.05, 0) is 53.0 Å². The second kappa shape index (κ2) is 7.21. The summed E-state index contributed by atoms with van der Waals surface area (Å²) in [5, 5.41) is 0. The van der Waals surface area contributed by atoms with Crippen LogP contribution in [0.3, 0.4) is 0 Å². The van der Waals surface area contributed by atoms with Gasteiger partial charge < -0.3 is 9.30 Å². The van der Waals surface area contributed by atoms with E-state index in [4.69, 9.17) is 4.74 Å². The molecule has 24 heavy (non-hydrogen) atoms. The Bertz CT molecular complexity index is 969. The number of nitrogens with zero attached hydrogens (tertiary/aromatic N) is 2. The minimum absolute atomic E-state index is 0.210. The van der Waals surface area contributed by atoms with Crippen LogP contribution in [0, 0.1) is 6.92 Å². The first-order valence-electron chi connectivity index (χ1n) is 7.56. The van der Waals surface area contributed by atoms with E-state index in [0.717, 1.165) is 38.3 Å². The maximum atomic E-state index is 12.5. The number of thiophene rings is 1. The van der Waals surface area contributed by atoms with E-state index in [9.17, 15) is 4.79 Å². The summed E-state index contributed by atoms with van der Waals surface area (Å²) in [6.45, 7) is 4.97. The molecule has 0 bridgehead atoms. The molecule has 1 amide bonds. The van der Waals surface area contributed by atoms with Gasteiger partial charge in [-0.15, -0.1) is 11.3 Å². The first kappa shape index (κ1) is 17.4. The number of halogens is 1. The van der Waals surface area contributed by atoms with Gasteiger partial charge in [0.1, 0.15) is 11.3 Å². The zero-order valence-corrected chi connectivity index (χ0v) is 16.8. The first-order chi connectivity index (χ1) is 11.5. The third-order valence-electron chi connectivity index (χ3n) is 3.63. The maximum Gasteiger partial charge on any atom is 0.289 e. The van der Waals surface area contributed by atoms with E-state index in [-0.39, 0.29) is 5.91 Å². The summed E-state index contributed by atoms with van der Waals surface area (Å²) in [5.41, 5.74) is 2.18. The summed E-state index contributed by atoms with van der Waals surface area (Å²) in [7, 11) is 1.67. The number of hydrogen-bond acceptors (Lipinski definition) is 4. The molecule has 0 saturated heterocycles. The van der Waals surface area contributed by atoms with Gasteiger partial charge in [-0.25, -0.2) is 0 Å². The number of rotatable bonds is 4. The summed E-state index contributed by atoms with van der Waals surface area (Å²) in [6, 6.07) is 7.67. The molecular weight excluding hydrogens is 408 g/mol. The lowest BCUT2D eigenvalue weighted by Crippen LogP contribution is -2.17. The van der Waals surface area contributed by atoms with Gasteiger partial charge in [-0.1, -0.05) is 24.3 Å². The number of aryl methyl sites for hydroxylation is 2. The van der Waals surface area contributed by atoms with Crippen LogP contribution in [0.25, 0.3) is 10.2 Å². The first-order valence-corrected chi connectivity index (χ1v) is 9.99. The Balaban J connectivity index is 2.23. The van der Waals surface area contributed by atoms with E-state index in [2.05, 4.69) is 39.3 Å². The van der Waals surface area contributed by atoms with Crippen LogP contribution in [0.2, 0.25) is 0 Å². The molecule has 3 rings (SSSR count). The number of ether oxygens (including phenoxy) is 1. The highest BCUT2D eigenvalue weighted by atomic mass is 79.9. The molecule has 2 aromatic heterocycles. The molecule has 0 aliphatic rings. The SMILES string of the molecule is CCCn1c(=NC(=O)c2ccc(Br)s2)sc2c(C)ccc(OC)c21. The van der Waals surface area contributed by atoms with Crippen molar-refractivity contribution in [3.8, 4) is 5.75 Å². The van der Waals surface area contributed by atoms with Crippen molar-refractivity contribution in [3.63, 3.8) is 0 Å². The third kappa shape index (κ3) is 3.20. The Labute approximate surface area is 156 Å². The Morgan fingerprint density at radius 1 is 1.29 bits per heavy atom. The number of fused-ring (bicyclic) bond motifs is 1. The minimum Gasteiger partial charge on any atom is -0.495 e. The average Bonchev–Trinajstić information content (AvgIpc) is 3.14. The summed E-state index contributed by atoms with van der Waals surface area (Å²) < 4.78 is 9.66. The monoisotopic (exact) mass is 424 g/mol. The third-order valence-corrected chi connectivity index (χ3v) is 6.46. The molecule has 0 saturated carbocycles. The Hall–Kier alpha value is -1.44. The Kier molecular flexibility index (Phi) is 5.22. The molecule has 0 aliphatic carbocycles. The van der Waals surface area contributed by atoms with Crippen molar-refractivity contribution in [2.24, 2.45) is 4.99 Å². The lowest BCUT2D eigenvalue weighted by atomic mass is 10.2. The number of methoxy groups -OCH3 is 1. The highest BCUT2D eigenvalue weighted by molar-refractivity contribution is 9.11. The summed E-state index contributed by atoms with van der Waals surface area (Å²) in [4.78, 5) is 18.2. The highest BCUT2D eigenvalue weighted by Gasteiger charge is 2.15. The molecule has 1 aromatic carbocycles. The fourth-order valence-electron chi connectivity index (χ4n) is 2.53. The van der Waals surface area contributed by atoms with Gasteiger partial charge in [-0.2, -0.15) is 4.99 Å². The number of amides is 1. The van der Waals surface area contributed by atoms with E-state index >= 15 is 0 Å². The Morgan fingerprint density at radius 2 is 2.08 bits per heavy atom. The maximum absolute atomic E-state index is 12.5. The van der Waals surface area contributed by atoms with Crippen LogP contribution >= 0.6 is 38.6 Å². The van der Waals surface area contributed by atoms with Gasteiger partial charge in [0.15, 0.2) is 4.80 Å². The molecular formula is C17H17BrN2O2S2. The van der Waals surface area contributed by atoms with Crippen molar-refractivity contribution in [2.45, 2.75) is 26.8 Å². The number of thiazole rings is 1. The van der Waals surface area contributed by atoms with Crippen LogP contribution in [-0.2, 0) is 6.54 Å². The predicted molar refractivity (Wildman–Crippen MR) is 103 cm³/mol. The van der Waals surface area contributed by atoms with Crippen molar-refractivity contribution in [1.29, 1.82) is 0 Å². The zero-order chi connectivity index (χ0) is 17.3. The van der Waals surface area contributed by atoms with Crippen molar-refractivity contribution >= 4 is 54.7 Å². The molecule has 0 fully saturated rings. The quantitative estimate of drug-likeness (QED) is 0.591. The molecule has 3 aromatic rings. The van der Waals surface area contributed by atoms with Gasteiger partial charge in [0.25, 0.3) is 5.91 Å². The number of carbonyl (C=O) groups is 1. The smallest absolute Gasteiger partial charge is 0.289 e. The number of hydrogen-bond donors (Lipinski definition) is 0. The molecule has 0 atom stereocenters. The second-order valence-corrected chi connectivity index (χ2v) is 8.76. The fourth-order valence-corrected chi connectivity index (χ4v) is 4.94. The molecule has 0 unspecified atom stereocenters. The molecule has 0 radical (unpaired) electrons. The standard InChI is InChI=1S/C17H17BrN2O2S2/c1-4-9-20-14-11(22-3)6-5-10(2)15(14)24-17(20)19-16(21)12-7-8-13(18)23-12/h5-8H,4,9H2,1-3H3. The van der Waals surface area contributed by atoms with Gasteiger partial charge in [0.2, 0.25) is 0 Å². The van der Waals surface area contributed by atoms with Crippen LogP contribution in [0.4, 0.5) is 0 Å². The highest BCUT2D eigenvalue weighted by Crippen LogP contribution is 2.30. The fraction of sp³-hybridized carbons (Fsp3) is 0.294. The van der Waals surface area contributed by atoms with Crippen LogP contribution in [0.5, 0.6) is 5.75 Å². The van der Waals surface area contributed by atoms with Crippen molar-refractivity contribution < 1.29 is 9.53 Å². The Morgan fingerprint density at radius 3 is 2.71 bits per heavy atom. The number of aromatic nitrogens is 1. The van der Waals surface area contributed by atoms with E-state index in [1.54, 1.807) is 13.2 Å². The van der Waals surface area contributed by atoms with Crippen LogP contribution < -0.4 is 9.54 Å². The largest absolute Gasteiger partial charge is 0.495 e. The summed E-state index contributed by atoms with van der Waals surface area (Å²) in [6.07, 6.45) is 0.953. The summed E-state index contributed by atoms with van der Waals surface area (Å²) >= 11 is 6.32. The van der Waals surface area contributed by atoms with Crippen LogP contribution in [0.1, 0.15) is 28.6 Å². The lowest BCUT2D eigenvalue weighted by Gasteiger charge is -2.08. The van der Waals surface area contributed by atoms with Gasteiger partial charge in [0.05, 0.1) is 20.5 Å². The molecule has 0 aliphatic heterocycles. The normalized spacial score (nSPS) is 12.1. The van der Waals surface area contributed by atoms with Gasteiger partial charge in [0, 0.05) is 6.54 Å². The number of benzene rings is 1. The lowest BCUT2D eigenvalue weighted by molar-refractivity contribution is 0.100. The second-order valence-electron chi connectivity index (χ2n) is 5.32. The van der Waals surface area contributed by atoms with E-state index < -0.39 is 0 Å². The topological polar surface area (TPSA) is 43.6 Å². The van der Waals surface area contributed by atoms with E-state index in [1.807, 2.05) is 18.2 Å². The number of carbonyl (C=O) groups excluding carboxylic acids is 1. The van der Waals surface area contributed by atoms with Crippen molar-refractivity contribution in [1.82, 2.24) is 4.57 Å². The minimum atomic E-state index is -0.210. The average molecular weight is 425 g/mol. The van der Waals surface area contributed by atoms with Crippen molar-refractivity contribution in [3.05, 3.63) is 43.3 Å². The predicted octanol–water partition coefficient (Wildman–Crippen LogP) is 4.99.